The Morgan fingerprint density at radius 2 is 1.91 bits per heavy atom. The topological polar surface area (TPSA) is 122 Å². The molecule has 0 saturated carbocycles. The number of nitrogens with zero attached hydrogens (tertiary/aromatic N) is 3. The zero-order valence-corrected chi connectivity index (χ0v) is 18.4. The molecule has 1 heterocycles. The summed E-state index contributed by atoms with van der Waals surface area (Å²) in [5.74, 6) is -0.655. The van der Waals surface area contributed by atoms with E-state index in [1.807, 2.05) is 6.07 Å². The predicted octanol–water partition coefficient (Wildman–Crippen LogP) is 3.60. The van der Waals surface area contributed by atoms with Gasteiger partial charge in [0.2, 0.25) is 15.0 Å². The molecule has 0 aliphatic heterocycles. The summed E-state index contributed by atoms with van der Waals surface area (Å²) in [5.41, 5.74) is 1.20. The van der Waals surface area contributed by atoms with Gasteiger partial charge in [-0.1, -0.05) is 31.2 Å². The first kappa shape index (κ1) is 23.1. The maximum atomic E-state index is 12.9. The minimum absolute atomic E-state index is 0.0206. The molecule has 0 bridgehead atoms. The van der Waals surface area contributed by atoms with Crippen LogP contribution >= 0.6 is 11.5 Å². The molecule has 0 aliphatic rings. The first-order valence-corrected chi connectivity index (χ1v) is 11.7. The number of ether oxygens (including phenoxy) is 1. The Morgan fingerprint density at radius 1 is 1.22 bits per heavy atom. The zero-order valence-electron chi connectivity index (χ0n) is 16.8. The van der Waals surface area contributed by atoms with E-state index in [4.69, 9.17) is 4.74 Å². The molecule has 0 spiro atoms. The predicted molar refractivity (Wildman–Crippen MR) is 117 cm³/mol. The molecule has 0 saturated heterocycles. The van der Waals surface area contributed by atoms with Crippen molar-refractivity contribution >= 4 is 38.5 Å². The van der Waals surface area contributed by atoms with Gasteiger partial charge in [0.25, 0.3) is 11.1 Å². The van der Waals surface area contributed by atoms with Crippen LogP contribution in [0.3, 0.4) is 0 Å². The summed E-state index contributed by atoms with van der Waals surface area (Å²) in [5, 5.41) is 11.3. The molecule has 1 amide bonds. The summed E-state index contributed by atoms with van der Waals surface area (Å²) in [7, 11) is -3.59. The van der Waals surface area contributed by atoms with E-state index in [0.29, 0.717) is 22.8 Å². The number of nitrogens with one attached hydrogen (secondary N) is 1. The number of carbonyl (C=O) groups is 1. The highest BCUT2D eigenvalue weighted by molar-refractivity contribution is 7.91. The number of amides is 1. The molecule has 3 aromatic rings. The summed E-state index contributed by atoms with van der Waals surface area (Å²) in [6.07, 6.45) is 1.38. The van der Waals surface area contributed by atoms with E-state index >= 15 is 0 Å². The molecule has 0 atom stereocenters. The molecule has 0 unspecified atom stereocenters. The number of hydrogen-bond acceptors (Lipinski definition) is 8. The maximum Gasteiger partial charge on any atom is 0.268 e. The Bertz CT molecular complexity index is 1280. The summed E-state index contributed by atoms with van der Waals surface area (Å²) in [6.45, 7) is 1.73. The molecular weight excluding hydrogens is 455 g/mol. The molecule has 164 valence electrons. The van der Waals surface area contributed by atoms with Crippen LogP contribution in [0.2, 0.25) is 0 Å². The summed E-state index contributed by atoms with van der Waals surface area (Å²) in [6, 6.07) is 14.5. The van der Waals surface area contributed by atoms with Gasteiger partial charge in [-0.3, -0.25) is 10.1 Å². The number of rotatable bonds is 8. The molecule has 3 rings (SSSR count). The molecule has 32 heavy (non-hydrogen) atoms. The van der Waals surface area contributed by atoms with Gasteiger partial charge in [-0.25, -0.2) is 12.8 Å². The van der Waals surface area contributed by atoms with E-state index < -0.39 is 15.7 Å². The number of carbonyl (C=O) groups excluding carboxylic acids is 1. The van der Waals surface area contributed by atoms with Gasteiger partial charge in [0.05, 0.1) is 5.75 Å². The van der Waals surface area contributed by atoms with Crippen LogP contribution in [0.4, 0.5) is 9.52 Å². The molecule has 8 nitrogen and oxygen atoms in total. The summed E-state index contributed by atoms with van der Waals surface area (Å²) < 4.78 is 45.9. The maximum absolute atomic E-state index is 12.9. The normalized spacial score (nSPS) is 11.6. The van der Waals surface area contributed by atoms with E-state index in [2.05, 4.69) is 14.7 Å². The van der Waals surface area contributed by atoms with Gasteiger partial charge in [0.1, 0.15) is 29.8 Å². The van der Waals surface area contributed by atoms with Crippen molar-refractivity contribution in [2.75, 3.05) is 11.1 Å². The van der Waals surface area contributed by atoms with Crippen LogP contribution in [0.15, 0.2) is 59.3 Å². The molecule has 1 aromatic heterocycles. The highest BCUT2D eigenvalue weighted by atomic mass is 32.2. The number of nitriles is 1. The van der Waals surface area contributed by atoms with Crippen molar-refractivity contribution < 1.29 is 22.3 Å². The molecule has 11 heteroatoms. The number of halogens is 1. The zero-order chi connectivity index (χ0) is 23.1. The smallest absolute Gasteiger partial charge is 0.268 e. The minimum atomic E-state index is -3.59. The van der Waals surface area contributed by atoms with E-state index in [0.717, 1.165) is 5.56 Å². The Labute approximate surface area is 188 Å². The quantitative estimate of drug-likeness (QED) is 0.393. The second kappa shape index (κ2) is 10.1. The lowest BCUT2D eigenvalue weighted by Crippen LogP contribution is -2.13. The first-order valence-electron chi connectivity index (χ1n) is 9.27. The van der Waals surface area contributed by atoms with E-state index in [1.54, 1.807) is 36.4 Å². The molecule has 0 fully saturated rings. The first-order chi connectivity index (χ1) is 15.3. The van der Waals surface area contributed by atoms with Gasteiger partial charge in [-0.2, -0.15) is 14.6 Å². The Morgan fingerprint density at radius 3 is 2.53 bits per heavy atom. The van der Waals surface area contributed by atoms with Crippen LogP contribution in [-0.4, -0.2) is 29.4 Å². The van der Waals surface area contributed by atoms with E-state index in [-0.39, 0.29) is 34.0 Å². The number of sulfone groups is 1. The van der Waals surface area contributed by atoms with Crippen molar-refractivity contribution in [1.82, 2.24) is 9.36 Å². The monoisotopic (exact) mass is 472 g/mol. The van der Waals surface area contributed by atoms with Crippen molar-refractivity contribution in [1.29, 1.82) is 5.26 Å². The van der Waals surface area contributed by atoms with Gasteiger partial charge < -0.3 is 4.74 Å². The average Bonchev–Trinajstić information content (AvgIpc) is 3.27. The second-order valence-electron chi connectivity index (χ2n) is 6.39. The number of benzene rings is 2. The highest BCUT2D eigenvalue weighted by Crippen LogP contribution is 2.19. The van der Waals surface area contributed by atoms with Crippen molar-refractivity contribution in [3.05, 3.63) is 71.0 Å². The van der Waals surface area contributed by atoms with Crippen LogP contribution in [0.1, 0.15) is 18.1 Å². The van der Waals surface area contributed by atoms with Gasteiger partial charge in [-0.05, 0) is 41.5 Å². The van der Waals surface area contributed by atoms with Gasteiger partial charge in [0.15, 0.2) is 0 Å². The fourth-order valence-electron chi connectivity index (χ4n) is 2.40. The lowest BCUT2D eigenvalue weighted by molar-refractivity contribution is -0.112. The van der Waals surface area contributed by atoms with Crippen LogP contribution in [0, 0.1) is 17.1 Å². The molecular formula is C21H17FN4O4S2. The van der Waals surface area contributed by atoms with E-state index in [1.165, 1.54) is 25.1 Å². The molecule has 1 N–H and O–H groups in total. The third-order valence-electron chi connectivity index (χ3n) is 4.16. The average molecular weight is 473 g/mol. The largest absolute Gasteiger partial charge is 0.489 e. The number of aromatic nitrogens is 2. The fourth-order valence-corrected chi connectivity index (χ4v) is 3.99. The molecule has 0 aliphatic carbocycles. The van der Waals surface area contributed by atoms with Crippen LogP contribution in [0.5, 0.6) is 5.75 Å². The third kappa shape index (κ3) is 5.96. The third-order valence-corrected chi connectivity index (χ3v) is 6.41. The molecule has 0 radical (unpaired) electrons. The lowest BCUT2D eigenvalue weighted by atomic mass is 10.1. The standard InChI is InChI=1S/C21H17FN4O4S2/c1-2-32(28,29)21-25-20(31-26-21)24-19(27)16(12-23)11-14-5-9-18(10-6-14)30-13-15-3-7-17(22)8-4-15/h3-11H,2,13H2,1H3,(H,24,25,26,27)/b16-11-. The van der Waals surface area contributed by atoms with Gasteiger partial charge in [-0.15, -0.1) is 0 Å². The molecule has 2 aromatic carbocycles. The van der Waals surface area contributed by atoms with Crippen molar-refractivity contribution in [2.45, 2.75) is 18.7 Å². The van der Waals surface area contributed by atoms with Crippen molar-refractivity contribution in [3.63, 3.8) is 0 Å². The van der Waals surface area contributed by atoms with E-state index in [9.17, 15) is 22.9 Å². The van der Waals surface area contributed by atoms with Crippen LogP contribution in [0.25, 0.3) is 6.08 Å². The van der Waals surface area contributed by atoms with Gasteiger partial charge in [0, 0.05) is 11.5 Å². The summed E-state index contributed by atoms with van der Waals surface area (Å²) in [4.78, 5) is 16.2. The number of hydrogen-bond donors (Lipinski definition) is 1. The second-order valence-corrected chi connectivity index (χ2v) is 9.32. The lowest BCUT2D eigenvalue weighted by Gasteiger charge is -2.07. The van der Waals surface area contributed by atoms with Crippen molar-refractivity contribution in [3.8, 4) is 11.8 Å². The Hall–Kier alpha value is -3.62. The minimum Gasteiger partial charge on any atom is -0.489 e. The highest BCUT2D eigenvalue weighted by Gasteiger charge is 2.20. The van der Waals surface area contributed by atoms with Crippen molar-refractivity contribution in [2.24, 2.45) is 0 Å². The number of anilines is 1. The Balaban J connectivity index is 1.64. The Kier molecular flexibility index (Phi) is 7.29. The fraction of sp³-hybridized carbons (Fsp3) is 0.143. The SMILES string of the molecule is CCS(=O)(=O)c1nsc(NC(=O)/C(C#N)=C\c2ccc(OCc3ccc(F)cc3)cc2)n1. The van der Waals surface area contributed by atoms with Crippen LogP contribution < -0.4 is 10.1 Å². The van der Waals surface area contributed by atoms with Crippen LogP contribution in [-0.2, 0) is 21.2 Å². The van der Waals surface area contributed by atoms with Gasteiger partial charge >= 0.3 is 0 Å². The summed E-state index contributed by atoms with van der Waals surface area (Å²) >= 11 is 0.714.